The van der Waals surface area contributed by atoms with Gasteiger partial charge in [0.05, 0.1) is 18.4 Å². The summed E-state index contributed by atoms with van der Waals surface area (Å²) in [4.78, 5) is 26.3. The lowest BCUT2D eigenvalue weighted by molar-refractivity contribution is -0.155. The number of nitrogens with zero attached hydrogens (tertiary/aromatic N) is 2. The molecule has 0 radical (unpaired) electrons. The monoisotopic (exact) mass is 344 g/mol. The average molecular weight is 344 g/mol. The van der Waals surface area contributed by atoms with Crippen molar-refractivity contribution in [2.45, 2.75) is 32.8 Å². The van der Waals surface area contributed by atoms with Crippen molar-refractivity contribution >= 4 is 17.6 Å². The zero-order chi connectivity index (χ0) is 18.0. The molecule has 1 fully saturated rings. The van der Waals surface area contributed by atoms with E-state index in [0.717, 1.165) is 0 Å². The fraction of sp³-hybridized carbons (Fsp3) is 0.500. The van der Waals surface area contributed by atoms with Crippen LogP contribution < -0.4 is 14.4 Å². The van der Waals surface area contributed by atoms with Crippen molar-refractivity contribution in [2.24, 2.45) is 11.8 Å². The van der Waals surface area contributed by atoms with Crippen molar-refractivity contribution in [3.8, 4) is 17.6 Å². The molecule has 2 atom stereocenters. The maximum Gasteiger partial charge on any atom is 0.311 e. The van der Waals surface area contributed by atoms with Crippen molar-refractivity contribution < 1.29 is 23.8 Å². The standard InChI is InChI=1S/C18H20N2O5/c1-11(2)14(5-6-19)25-18(22)12-7-17(21)20(9-12)13-3-4-15-16(8-13)24-10-23-15/h3-4,8,11-12,14H,5,7,9-10H2,1-2H3/t12-,14+/m0/s1. The van der Waals surface area contributed by atoms with Crippen LogP contribution in [0.3, 0.4) is 0 Å². The van der Waals surface area contributed by atoms with E-state index in [1.165, 1.54) is 0 Å². The van der Waals surface area contributed by atoms with Gasteiger partial charge in [0.2, 0.25) is 12.7 Å². The summed E-state index contributed by atoms with van der Waals surface area (Å²) in [5.74, 6) is 0.184. The highest BCUT2D eigenvalue weighted by atomic mass is 16.7. The van der Waals surface area contributed by atoms with Crippen molar-refractivity contribution in [3.63, 3.8) is 0 Å². The number of carbonyl (C=O) groups excluding carboxylic acids is 2. The smallest absolute Gasteiger partial charge is 0.311 e. The molecule has 7 heteroatoms. The van der Waals surface area contributed by atoms with Crippen LogP contribution in [0.25, 0.3) is 0 Å². The minimum absolute atomic E-state index is 0.0469. The molecule has 0 aromatic heterocycles. The summed E-state index contributed by atoms with van der Waals surface area (Å²) in [5, 5.41) is 8.85. The molecule has 0 bridgehead atoms. The van der Waals surface area contributed by atoms with Crippen LogP contribution in [0.1, 0.15) is 26.7 Å². The van der Waals surface area contributed by atoms with Gasteiger partial charge in [-0.3, -0.25) is 9.59 Å². The van der Waals surface area contributed by atoms with Crippen LogP contribution >= 0.6 is 0 Å². The van der Waals surface area contributed by atoms with Gasteiger partial charge >= 0.3 is 5.97 Å². The highest BCUT2D eigenvalue weighted by molar-refractivity contribution is 5.99. The molecule has 0 aliphatic carbocycles. The topological polar surface area (TPSA) is 88.9 Å². The van der Waals surface area contributed by atoms with Crippen LogP contribution in [0.15, 0.2) is 18.2 Å². The number of ether oxygens (including phenoxy) is 3. The van der Waals surface area contributed by atoms with Crippen molar-refractivity contribution in [3.05, 3.63) is 18.2 Å². The summed E-state index contributed by atoms with van der Waals surface area (Å²) in [6, 6.07) is 7.29. The molecule has 132 valence electrons. The first-order chi connectivity index (χ1) is 12.0. The second-order valence-electron chi connectivity index (χ2n) is 6.52. The Morgan fingerprint density at radius 1 is 1.40 bits per heavy atom. The van der Waals surface area contributed by atoms with E-state index in [-0.39, 0.29) is 38.0 Å². The lowest BCUT2D eigenvalue weighted by atomic mass is 10.0. The number of nitriles is 1. The molecule has 3 rings (SSSR count). The fourth-order valence-corrected chi connectivity index (χ4v) is 2.92. The molecular weight excluding hydrogens is 324 g/mol. The number of fused-ring (bicyclic) bond motifs is 1. The van der Waals surface area contributed by atoms with Crippen molar-refractivity contribution in [1.82, 2.24) is 0 Å². The van der Waals surface area contributed by atoms with Crippen LogP contribution in [0.5, 0.6) is 11.5 Å². The molecule has 1 aromatic carbocycles. The van der Waals surface area contributed by atoms with E-state index >= 15 is 0 Å². The Morgan fingerprint density at radius 2 is 2.16 bits per heavy atom. The van der Waals surface area contributed by atoms with Crippen molar-refractivity contribution in [2.75, 3.05) is 18.2 Å². The van der Waals surface area contributed by atoms with Gasteiger partial charge < -0.3 is 19.1 Å². The van der Waals surface area contributed by atoms with Gasteiger partial charge in [-0.25, -0.2) is 0 Å². The third kappa shape index (κ3) is 3.53. The van der Waals surface area contributed by atoms with Gasteiger partial charge in [0.1, 0.15) is 6.10 Å². The lowest BCUT2D eigenvalue weighted by Crippen LogP contribution is -2.30. The Morgan fingerprint density at radius 3 is 2.88 bits per heavy atom. The minimum atomic E-state index is -0.530. The van der Waals surface area contributed by atoms with Gasteiger partial charge in [-0.05, 0) is 18.1 Å². The van der Waals surface area contributed by atoms with Crippen molar-refractivity contribution in [1.29, 1.82) is 5.26 Å². The number of benzene rings is 1. The number of anilines is 1. The highest BCUT2D eigenvalue weighted by Crippen LogP contribution is 2.37. The van der Waals surface area contributed by atoms with Crippen LogP contribution in [0.4, 0.5) is 5.69 Å². The van der Waals surface area contributed by atoms with E-state index < -0.39 is 18.0 Å². The molecule has 25 heavy (non-hydrogen) atoms. The summed E-state index contributed by atoms with van der Waals surface area (Å²) in [6.07, 6.45) is -0.201. The Balaban J connectivity index is 1.68. The second kappa shape index (κ2) is 7.01. The summed E-state index contributed by atoms with van der Waals surface area (Å²) in [6.45, 7) is 4.22. The molecule has 0 N–H and O–H groups in total. The van der Waals surface area contributed by atoms with Gasteiger partial charge in [0.25, 0.3) is 0 Å². The number of carbonyl (C=O) groups is 2. The van der Waals surface area contributed by atoms with Gasteiger partial charge in [0.15, 0.2) is 11.5 Å². The molecule has 0 saturated carbocycles. The van der Waals surface area contributed by atoms with Gasteiger partial charge in [-0.1, -0.05) is 13.8 Å². The van der Waals surface area contributed by atoms with E-state index in [9.17, 15) is 9.59 Å². The van der Waals surface area contributed by atoms with Gasteiger partial charge in [-0.2, -0.15) is 5.26 Å². The minimum Gasteiger partial charge on any atom is -0.461 e. The molecule has 0 spiro atoms. The molecule has 7 nitrogen and oxygen atoms in total. The predicted molar refractivity (Wildman–Crippen MR) is 88.0 cm³/mol. The highest BCUT2D eigenvalue weighted by Gasteiger charge is 2.37. The van der Waals surface area contributed by atoms with E-state index in [1.54, 1.807) is 23.1 Å². The van der Waals surface area contributed by atoms with E-state index in [2.05, 4.69) is 0 Å². The first-order valence-electron chi connectivity index (χ1n) is 8.27. The average Bonchev–Trinajstić information content (AvgIpc) is 3.19. The summed E-state index contributed by atoms with van der Waals surface area (Å²) in [5.41, 5.74) is 0.669. The Labute approximate surface area is 146 Å². The maximum absolute atomic E-state index is 12.4. The van der Waals surface area contributed by atoms with E-state index in [0.29, 0.717) is 17.2 Å². The Hall–Kier alpha value is -2.75. The van der Waals surface area contributed by atoms with E-state index in [1.807, 2.05) is 19.9 Å². The summed E-state index contributed by atoms with van der Waals surface area (Å²) >= 11 is 0. The Bertz CT molecular complexity index is 725. The first kappa shape index (κ1) is 17.1. The molecule has 2 aliphatic rings. The van der Waals surface area contributed by atoms with Crippen LogP contribution in [0.2, 0.25) is 0 Å². The molecule has 2 heterocycles. The number of esters is 1. The zero-order valence-corrected chi connectivity index (χ0v) is 14.2. The Kier molecular flexibility index (Phi) is 4.79. The predicted octanol–water partition coefficient (Wildman–Crippen LogP) is 2.25. The molecule has 0 unspecified atom stereocenters. The molecule has 1 saturated heterocycles. The fourth-order valence-electron chi connectivity index (χ4n) is 2.92. The summed E-state index contributed by atoms with van der Waals surface area (Å²) in [7, 11) is 0. The summed E-state index contributed by atoms with van der Waals surface area (Å²) < 4.78 is 16.1. The first-order valence-corrected chi connectivity index (χ1v) is 8.27. The zero-order valence-electron chi connectivity index (χ0n) is 14.2. The van der Waals surface area contributed by atoms with Crippen LogP contribution in [-0.2, 0) is 14.3 Å². The number of rotatable bonds is 5. The normalized spacial score (nSPS) is 19.8. The van der Waals surface area contributed by atoms with E-state index in [4.69, 9.17) is 19.5 Å². The molecule has 1 amide bonds. The quantitative estimate of drug-likeness (QED) is 0.761. The molecular formula is C18H20N2O5. The van der Waals surface area contributed by atoms with Crippen LogP contribution in [-0.4, -0.2) is 31.3 Å². The molecule has 1 aromatic rings. The number of hydrogen-bond donors (Lipinski definition) is 0. The SMILES string of the molecule is CC(C)[C@@H](CC#N)OC(=O)[C@H]1CC(=O)N(c2ccc3c(c2)OCO3)C1. The number of hydrogen-bond acceptors (Lipinski definition) is 6. The molecule has 2 aliphatic heterocycles. The third-order valence-corrected chi connectivity index (χ3v) is 4.43. The largest absolute Gasteiger partial charge is 0.461 e. The lowest BCUT2D eigenvalue weighted by Gasteiger charge is -2.21. The number of amides is 1. The maximum atomic E-state index is 12.4. The second-order valence-corrected chi connectivity index (χ2v) is 6.52. The van der Waals surface area contributed by atoms with Crippen LogP contribution in [0, 0.1) is 23.2 Å². The third-order valence-electron chi connectivity index (χ3n) is 4.43. The van der Waals surface area contributed by atoms with Gasteiger partial charge in [-0.15, -0.1) is 0 Å². The van der Waals surface area contributed by atoms with Gasteiger partial charge in [0, 0.05) is 24.7 Å².